The number of nitrogens with zero attached hydrogens (tertiary/aromatic N) is 1. The van der Waals surface area contributed by atoms with Crippen LogP contribution in [0.3, 0.4) is 0 Å². The van der Waals surface area contributed by atoms with Crippen LogP contribution >= 0.6 is 27.7 Å². The maximum absolute atomic E-state index is 13.2. The molecule has 4 nitrogen and oxygen atoms in total. The number of hydrogen-bond donors (Lipinski definition) is 1. The van der Waals surface area contributed by atoms with E-state index >= 15 is 0 Å². The van der Waals surface area contributed by atoms with Crippen LogP contribution in [0, 0.1) is 0 Å². The van der Waals surface area contributed by atoms with Crippen molar-refractivity contribution in [3.8, 4) is 0 Å². The minimum Gasteiger partial charge on any atom is -0.325 e. The van der Waals surface area contributed by atoms with E-state index in [1.54, 1.807) is 18.2 Å². The van der Waals surface area contributed by atoms with Crippen LogP contribution in [0.1, 0.15) is 19.4 Å². The highest BCUT2D eigenvalue weighted by Crippen LogP contribution is 2.36. The topological polar surface area (TPSA) is 65.1 Å². The number of rotatable bonds is 5. The lowest BCUT2D eigenvalue weighted by atomic mass is 10.1. The molecule has 3 rings (SSSR count). The summed E-state index contributed by atoms with van der Waals surface area (Å²) < 4.78 is 67.3. The van der Waals surface area contributed by atoms with Crippen LogP contribution in [0.15, 0.2) is 62.9 Å². The quantitative estimate of drug-likeness (QED) is 0.464. The van der Waals surface area contributed by atoms with Gasteiger partial charge in [-0.1, -0.05) is 22.0 Å². The van der Waals surface area contributed by atoms with E-state index in [2.05, 4.69) is 15.9 Å². The molecule has 0 fully saturated rings. The van der Waals surface area contributed by atoms with Gasteiger partial charge in [0.15, 0.2) is 0 Å². The Morgan fingerprint density at radius 1 is 1.14 bits per heavy atom. The van der Waals surface area contributed by atoms with Gasteiger partial charge in [-0.05, 0) is 50.2 Å². The highest BCUT2D eigenvalue weighted by molar-refractivity contribution is 9.10. The van der Waals surface area contributed by atoms with Crippen molar-refractivity contribution in [2.75, 3.05) is 5.75 Å². The number of hydrogen-bond acceptors (Lipinski definition) is 4. The molecule has 0 atom stereocenters. The number of nitrogens with two attached hydrogens (primary N) is 1. The van der Waals surface area contributed by atoms with Gasteiger partial charge in [-0.2, -0.15) is 13.2 Å². The lowest BCUT2D eigenvalue weighted by Crippen LogP contribution is -2.34. The Kier molecular flexibility index (Phi) is 5.85. The first-order valence-electron chi connectivity index (χ1n) is 8.44. The third-order valence-corrected chi connectivity index (χ3v) is 7.70. The van der Waals surface area contributed by atoms with Crippen molar-refractivity contribution in [1.29, 1.82) is 0 Å². The number of fused-ring (bicyclic) bond motifs is 1. The lowest BCUT2D eigenvalue weighted by molar-refractivity contribution is -0.137. The molecule has 0 aliphatic heterocycles. The number of halogens is 4. The zero-order valence-electron chi connectivity index (χ0n) is 15.5. The Hall–Kier alpha value is -1.49. The monoisotopic (exact) mass is 506 g/mol. The van der Waals surface area contributed by atoms with Crippen molar-refractivity contribution in [2.24, 2.45) is 5.73 Å². The molecule has 1 heterocycles. The van der Waals surface area contributed by atoms with Crippen molar-refractivity contribution >= 4 is 48.6 Å². The highest BCUT2D eigenvalue weighted by atomic mass is 79.9. The Balaban J connectivity index is 2.16. The Morgan fingerprint density at radius 3 is 2.45 bits per heavy atom. The molecule has 0 bridgehead atoms. The van der Waals surface area contributed by atoms with E-state index in [0.29, 0.717) is 27.6 Å². The number of alkyl halides is 3. The largest absolute Gasteiger partial charge is 0.416 e. The van der Waals surface area contributed by atoms with Crippen molar-refractivity contribution in [2.45, 2.75) is 35.4 Å². The van der Waals surface area contributed by atoms with E-state index in [9.17, 15) is 21.6 Å². The Morgan fingerprint density at radius 2 is 1.83 bits per heavy atom. The van der Waals surface area contributed by atoms with Gasteiger partial charge in [-0.15, -0.1) is 11.8 Å². The molecule has 2 aromatic carbocycles. The van der Waals surface area contributed by atoms with Crippen LogP contribution < -0.4 is 5.73 Å². The van der Waals surface area contributed by atoms with Crippen LogP contribution in [0.4, 0.5) is 13.2 Å². The van der Waals surface area contributed by atoms with Crippen LogP contribution in [-0.4, -0.2) is 23.7 Å². The maximum Gasteiger partial charge on any atom is 0.416 e. The second-order valence-electron chi connectivity index (χ2n) is 7.26. The molecule has 0 aliphatic carbocycles. The fourth-order valence-corrected chi connectivity index (χ4v) is 5.54. The average molecular weight is 507 g/mol. The molecule has 10 heteroatoms. The Bertz CT molecular complexity index is 1170. The minimum absolute atomic E-state index is 0.378. The first-order chi connectivity index (χ1) is 13.3. The molecule has 0 aliphatic rings. The van der Waals surface area contributed by atoms with Gasteiger partial charge >= 0.3 is 6.18 Å². The summed E-state index contributed by atoms with van der Waals surface area (Å²) in [5, 5.41) is 0.671. The van der Waals surface area contributed by atoms with Gasteiger partial charge in [0.25, 0.3) is 10.0 Å². The number of benzene rings is 2. The molecule has 0 spiro atoms. The van der Waals surface area contributed by atoms with E-state index in [-0.39, 0.29) is 0 Å². The minimum atomic E-state index is -4.64. The SMILES string of the molecule is CC(C)(N)CSc1cn(S(=O)(=O)c2cccc(C(F)(F)F)c2)c2ccc(Br)cc12. The van der Waals surface area contributed by atoms with Crippen LogP contribution in [0.25, 0.3) is 10.9 Å². The summed E-state index contributed by atoms with van der Waals surface area (Å²) in [4.78, 5) is 0.248. The molecule has 3 aromatic rings. The molecule has 156 valence electrons. The van der Waals surface area contributed by atoms with Gasteiger partial charge in [0.2, 0.25) is 0 Å². The van der Waals surface area contributed by atoms with Crippen molar-refractivity contribution < 1.29 is 21.6 Å². The molecule has 0 amide bonds. The number of aromatic nitrogens is 1. The summed E-state index contributed by atoms with van der Waals surface area (Å²) in [5.41, 5.74) is 4.92. The molecular weight excluding hydrogens is 489 g/mol. The first kappa shape index (κ1) is 22.2. The molecule has 0 radical (unpaired) electrons. The molecular formula is C19H18BrF3N2O2S2. The molecule has 0 saturated heterocycles. The highest BCUT2D eigenvalue weighted by Gasteiger charge is 2.32. The fraction of sp³-hybridized carbons (Fsp3) is 0.263. The van der Waals surface area contributed by atoms with E-state index < -0.39 is 32.2 Å². The predicted octanol–water partition coefficient (Wildman–Crippen LogP) is 5.49. The van der Waals surface area contributed by atoms with Crippen LogP contribution in [0.5, 0.6) is 0 Å². The average Bonchev–Trinajstić information content (AvgIpc) is 2.97. The van der Waals surface area contributed by atoms with Crippen molar-refractivity contribution in [1.82, 2.24) is 3.97 Å². The predicted molar refractivity (Wildman–Crippen MR) is 113 cm³/mol. The second-order valence-corrected chi connectivity index (χ2v) is 11.0. The van der Waals surface area contributed by atoms with Gasteiger partial charge in [-0.25, -0.2) is 12.4 Å². The van der Waals surface area contributed by atoms with Gasteiger partial charge in [0, 0.05) is 32.2 Å². The molecule has 0 unspecified atom stereocenters. The van der Waals surface area contributed by atoms with Crippen LogP contribution in [-0.2, 0) is 16.2 Å². The summed E-state index contributed by atoms with van der Waals surface area (Å²) in [6.45, 7) is 3.71. The maximum atomic E-state index is 13.2. The normalized spacial score (nSPS) is 13.2. The third-order valence-electron chi connectivity index (χ3n) is 4.01. The lowest BCUT2D eigenvalue weighted by Gasteiger charge is -2.17. The summed E-state index contributed by atoms with van der Waals surface area (Å²) in [5.74, 6) is 0.530. The van der Waals surface area contributed by atoms with Crippen LogP contribution in [0.2, 0.25) is 0 Å². The van der Waals surface area contributed by atoms with Gasteiger partial charge in [0.05, 0.1) is 16.0 Å². The summed E-state index contributed by atoms with van der Waals surface area (Å²) in [6.07, 6.45) is -3.20. The van der Waals surface area contributed by atoms with Gasteiger partial charge < -0.3 is 5.73 Å². The number of thioether (sulfide) groups is 1. The third kappa shape index (κ3) is 4.82. The summed E-state index contributed by atoms with van der Waals surface area (Å²) >= 11 is 4.77. The summed E-state index contributed by atoms with van der Waals surface area (Å²) in [6, 6.07) is 8.81. The molecule has 2 N–H and O–H groups in total. The van der Waals surface area contributed by atoms with E-state index in [1.807, 2.05) is 13.8 Å². The van der Waals surface area contributed by atoms with E-state index in [1.165, 1.54) is 18.0 Å². The van der Waals surface area contributed by atoms with Crippen molar-refractivity contribution in [3.63, 3.8) is 0 Å². The fourth-order valence-electron chi connectivity index (χ4n) is 2.67. The summed E-state index contributed by atoms with van der Waals surface area (Å²) in [7, 11) is -4.24. The van der Waals surface area contributed by atoms with E-state index in [0.717, 1.165) is 26.6 Å². The van der Waals surface area contributed by atoms with Crippen molar-refractivity contribution in [3.05, 3.63) is 58.7 Å². The zero-order valence-corrected chi connectivity index (χ0v) is 18.7. The molecule has 1 aromatic heterocycles. The zero-order chi connectivity index (χ0) is 21.6. The standard InChI is InChI=1S/C19H18BrF3N2O2S2/c1-18(2,24)11-28-17-10-25(16-7-6-13(20)9-15(16)17)29(26,27)14-5-3-4-12(8-14)19(21,22)23/h3-10H,11,24H2,1-2H3. The smallest absolute Gasteiger partial charge is 0.325 e. The molecule has 0 saturated carbocycles. The van der Waals surface area contributed by atoms with E-state index in [4.69, 9.17) is 5.73 Å². The van der Waals surface area contributed by atoms with Gasteiger partial charge in [-0.3, -0.25) is 0 Å². The Labute approximate surface area is 179 Å². The molecule has 29 heavy (non-hydrogen) atoms. The van der Waals surface area contributed by atoms with Gasteiger partial charge in [0.1, 0.15) is 0 Å². The first-order valence-corrected chi connectivity index (χ1v) is 11.7. The second kappa shape index (κ2) is 7.64.